The van der Waals surface area contributed by atoms with Crippen LogP contribution in [0.1, 0.15) is 58.9 Å². The van der Waals surface area contributed by atoms with Crippen molar-refractivity contribution in [3.63, 3.8) is 0 Å². The molecule has 2 aliphatic rings. The summed E-state index contributed by atoms with van der Waals surface area (Å²) in [7, 11) is 0. The van der Waals surface area contributed by atoms with Gasteiger partial charge in [0.2, 0.25) is 11.8 Å². The first-order chi connectivity index (χ1) is 21.7. The number of anilines is 2. The average molecular weight is 659 g/mol. The number of esters is 1. The Morgan fingerprint density at radius 1 is 1.07 bits per heavy atom. The summed E-state index contributed by atoms with van der Waals surface area (Å²) in [6, 6.07) is 7.00. The van der Waals surface area contributed by atoms with Crippen molar-refractivity contribution in [2.45, 2.75) is 51.6 Å². The number of rotatable bonds is 8. The number of hydrogen-bond donors (Lipinski definition) is 5. The van der Waals surface area contributed by atoms with Crippen LogP contribution in [0.2, 0.25) is 5.02 Å². The maximum absolute atomic E-state index is 13.6. The molecule has 2 heterocycles. The topological polar surface area (TPSA) is 232 Å². The lowest BCUT2D eigenvalue weighted by atomic mass is 10.1. The zero-order chi connectivity index (χ0) is 34.1. The number of carboxylic acid groups (broad SMARTS) is 1. The predicted molar refractivity (Wildman–Crippen MR) is 165 cm³/mol. The minimum absolute atomic E-state index is 0.0276. The van der Waals surface area contributed by atoms with Crippen LogP contribution in [-0.4, -0.2) is 88.3 Å². The van der Waals surface area contributed by atoms with Gasteiger partial charge in [-0.2, -0.15) is 0 Å². The zero-order valence-electron chi connectivity index (χ0n) is 25.2. The lowest BCUT2D eigenvalue weighted by Crippen LogP contribution is -2.63. The Balaban J connectivity index is 0.00000136. The molecule has 2 fully saturated rings. The molecule has 246 valence electrons. The van der Waals surface area contributed by atoms with Crippen LogP contribution in [0.15, 0.2) is 36.4 Å². The van der Waals surface area contributed by atoms with Crippen LogP contribution in [0.25, 0.3) is 0 Å². The van der Waals surface area contributed by atoms with E-state index in [1.807, 2.05) is 0 Å². The van der Waals surface area contributed by atoms with Crippen molar-refractivity contribution in [3.05, 3.63) is 58.1 Å². The Kier molecular flexibility index (Phi) is 12.0. The molecular formula is C30H35ClN6O9. The van der Waals surface area contributed by atoms with Crippen molar-refractivity contribution >= 4 is 64.3 Å². The summed E-state index contributed by atoms with van der Waals surface area (Å²) in [5.74, 6) is -4.46. The maximum atomic E-state index is 13.6. The van der Waals surface area contributed by atoms with Gasteiger partial charge in [-0.25, -0.2) is 9.80 Å². The van der Waals surface area contributed by atoms with Crippen LogP contribution < -0.4 is 22.1 Å². The first-order valence-electron chi connectivity index (χ1n) is 14.2. The van der Waals surface area contributed by atoms with E-state index in [1.54, 1.807) is 19.1 Å². The molecular weight excluding hydrogens is 624 g/mol. The lowest BCUT2D eigenvalue weighted by Gasteiger charge is -2.42. The summed E-state index contributed by atoms with van der Waals surface area (Å²) in [6.07, 6.45) is 0.674. The zero-order valence-corrected chi connectivity index (χ0v) is 26.0. The number of benzene rings is 2. The third kappa shape index (κ3) is 8.94. The highest BCUT2D eigenvalue weighted by Gasteiger charge is 2.44. The van der Waals surface area contributed by atoms with E-state index >= 15 is 0 Å². The monoisotopic (exact) mass is 658 g/mol. The molecule has 0 bridgehead atoms. The van der Waals surface area contributed by atoms with Crippen molar-refractivity contribution in [2.75, 3.05) is 31.2 Å². The summed E-state index contributed by atoms with van der Waals surface area (Å²) in [6.45, 7) is 1.90. The van der Waals surface area contributed by atoms with Crippen molar-refractivity contribution < 1.29 is 43.4 Å². The Morgan fingerprint density at radius 2 is 1.76 bits per heavy atom. The van der Waals surface area contributed by atoms with E-state index in [0.29, 0.717) is 17.7 Å². The van der Waals surface area contributed by atoms with Gasteiger partial charge in [0.05, 0.1) is 28.5 Å². The predicted octanol–water partition coefficient (Wildman–Crippen LogP) is 1.07. The Hall–Kier alpha value is -5.18. The number of amides is 4. The highest BCUT2D eigenvalue weighted by molar-refractivity contribution is 6.33. The molecule has 15 nitrogen and oxygen atoms in total. The standard InChI is InChI=1S/C28H31ClN6O7.C2H4O2/c1-15-4-2-5-18(29)24(15)28(41)42-14-17(36)13-32-26(39)22-6-3-11-34-23(37)10-9-21(27(40)35(22)34)33-25(38)16-7-8-19(30)20(31)12-16;1-2(3)4/h2,4-5,7-8,12,21-22H,3,6,9-11,13-14,30-31H2,1H3,(H,32,39)(H,33,38);1H3,(H,3,4)/t21-,22-;/m0./s1. The van der Waals surface area contributed by atoms with E-state index in [-0.39, 0.29) is 53.6 Å². The molecule has 2 aromatic carbocycles. The van der Waals surface area contributed by atoms with Crippen molar-refractivity contribution in [2.24, 2.45) is 0 Å². The molecule has 0 saturated carbocycles. The van der Waals surface area contributed by atoms with Gasteiger partial charge in [-0.3, -0.25) is 33.8 Å². The number of hydrazine groups is 1. The molecule has 0 spiro atoms. The fourth-order valence-electron chi connectivity index (χ4n) is 4.83. The van der Waals surface area contributed by atoms with Gasteiger partial charge in [0.1, 0.15) is 12.1 Å². The van der Waals surface area contributed by atoms with Crippen LogP contribution in [0, 0.1) is 6.92 Å². The number of nitrogens with one attached hydrogen (secondary N) is 2. The number of carboxylic acids is 1. The number of fused-ring (bicyclic) bond motifs is 1. The number of aliphatic carboxylic acids is 1. The SMILES string of the molecule is CC(=O)O.Cc1cccc(Cl)c1C(=O)OCC(=O)CNC(=O)[C@@H]1CCCN2C(=O)CC[C@H](NC(=O)c3ccc(N)c(N)c3)C(=O)N12. The van der Waals surface area contributed by atoms with E-state index in [4.69, 9.17) is 37.7 Å². The number of ketones is 1. The minimum atomic E-state index is -1.10. The Labute approximate surface area is 269 Å². The first-order valence-corrected chi connectivity index (χ1v) is 14.6. The van der Waals surface area contributed by atoms with Crippen molar-refractivity contribution in [1.29, 1.82) is 0 Å². The molecule has 2 atom stereocenters. The molecule has 4 amide bonds. The number of nitrogens with zero attached hydrogens (tertiary/aromatic N) is 2. The third-order valence-corrected chi connectivity index (χ3v) is 7.38. The van der Waals surface area contributed by atoms with Gasteiger partial charge < -0.3 is 31.9 Å². The number of nitrogens with two attached hydrogens (primary N) is 2. The fourth-order valence-corrected chi connectivity index (χ4v) is 5.13. The number of carbonyl (C=O) groups excluding carboxylic acids is 6. The normalized spacial score (nSPS) is 17.5. The lowest BCUT2D eigenvalue weighted by molar-refractivity contribution is -0.176. The molecule has 2 aromatic rings. The number of Topliss-reactive ketones (excluding diaryl/α,β-unsaturated/α-hetero) is 1. The van der Waals surface area contributed by atoms with Gasteiger partial charge in [-0.1, -0.05) is 23.7 Å². The molecule has 0 radical (unpaired) electrons. The molecule has 4 rings (SSSR count). The number of nitrogen functional groups attached to an aromatic ring is 2. The van der Waals surface area contributed by atoms with Crippen LogP contribution >= 0.6 is 11.6 Å². The molecule has 46 heavy (non-hydrogen) atoms. The van der Waals surface area contributed by atoms with Crippen LogP contribution in [-0.2, 0) is 28.7 Å². The van der Waals surface area contributed by atoms with Crippen molar-refractivity contribution in [1.82, 2.24) is 20.7 Å². The second kappa shape index (κ2) is 15.7. The smallest absolute Gasteiger partial charge is 0.340 e. The van der Waals surface area contributed by atoms with Gasteiger partial charge in [-0.05, 0) is 56.0 Å². The van der Waals surface area contributed by atoms with Crippen LogP contribution in [0.3, 0.4) is 0 Å². The van der Waals surface area contributed by atoms with E-state index in [0.717, 1.165) is 11.9 Å². The molecule has 2 saturated heterocycles. The second-order valence-corrected chi connectivity index (χ2v) is 11.0. The molecule has 7 N–H and O–H groups in total. The summed E-state index contributed by atoms with van der Waals surface area (Å²) in [5, 5.41) is 15.0. The maximum Gasteiger partial charge on any atom is 0.340 e. The van der Waals surface area contributed by atoms with Crippen LogP contribution in [0.5, 0.6) is 0 Å². The Morgan fingerprint density at radius 3 is 2.41 bits per heavy atom. The van der Waals surface area contributed by atoms with Crippen molar-refractivity contribution in [3.8, 4) is 0 Å². The largest absolute Gasteiger partial charge is 0.481 e. The summed E-state index contributed by atoms with van der Waals surface area (Å²) in [4.78, 5) is 86.3. The minimum Gasteiger partial charge on any atom is -0.481 e. The average Bonchev–Trinajstić information content (AvgIpc) is 3.11. The quantitative estimate of drug-likeness (QED) is 0.199. The van der Waals surface area contributed by atoms with Gasteiger partial charge in [-0.15, -0.1) is 0 Å². The van der Waals surface area contributed by atoms with Gasteiger partial charge in [0.25, 0.3) is 17.8 Å². The fraction of sp³-hybridized carbons (Fsp3) is 0.367. The molecule has 0 aromatic heterocycles. The number of carbonyl (C=O) groups is 7. The summed E-state index contributed by atoms with van der Waals surface area (Å²) < 4.78 is 5.07. The highest BCUT2D eigenvalue weighted by Crippen LogP contribution is 2.26. The van der Waals surface area contributed by atoms with Crippen LogP contribution in [0.4, 0.5) is 11.4 Å². The second-order valence-electron chi connectivity index (χ2n) is 10.5. The summed E-state index contributed by atoms with van der Waals surface area (Å²) in [5.41, 5.74) is 12.9. The number of aryl methyl sites for hydroxylation is 1. The summed E-state index contributed by atoms with van der Waals surface area (Å²) >= 11 is 6.06. The van der Waals surface area contributed by atoms with E-state index in [1.165, 1.54) is 29.3 Å². The molecule has 0 unspecified atom stereocenters. The van der Waals surface area contributed by atoms with E-state index in [2.05, 4.69) is 10.6 Å². The molecule has 2 aliphatic heterocycles. The third-order valence-electron chi connectivity index (χ3n) is 7.07. The highest BCUT2D eigenvalue weighted by atomic mass is 35.5. The van der Waals surface area contributed by atoms with Gasteiger partial charge in [0, 0.05) is 25.5 Å². The van der Waals surface area contributed by atoms with E-state index < -0.39 is 60.7 Å². The first kappa shape index (κ1) is 35.3. The van der Waals surface area contributed by atoms with Gasteiger partial charge in [0.15, 0.2) is 12.4 Å². The van der Waals surface area contributed by atoms with E-state index in [9.17, 15) is 28.8 Å². The molecule has 0 aliphatic carbocycles. The number of halogens is 1. The Bertz CT molecular complexity index is 1520. The van der Waals surface area contributed by atoms with Gasteiger partial charge >= 0.3 is 5.97 Å². The number of ether oxygens (including phenoxy) is 1. The molecule has 16 heteroatoms. The number of hydrogen-bond acceptors (Lipinski definition) is 10.